The van der Waals surface area contributed by atoms with E-state index in [2.05, 4.69) is 21.5 Å². The molecule has 18 heavy (non-hydrogen) atoms. The number of hydrogen-bond acceptors (Lipinski definition) is 2. The van der Waals surface area contributed by atoms with Crippen LogP contribution in [0.4, 0.5) is 0 Å². The molecule has 1 aliphatic carbocycles. The number of aromatic nitrogens is 2. The Labute approximate surface area is 110 Å². The second-order valence-electron chi connectivity index (χ2n) is 5.91. The normalized spacial score (nSPS) is 27.0. The van der Waals surface area contributed by atoms with Crippen LogP contribution in [-0.2, 0) is 0 Å². The average molecular weight is 247 g/mol. The summed E-state index contributed by atoms with van der Waals surface area (Å²) in [6, 6.07) is 0.479. The van der Waals surface area contributed by atoms with Gasteiger partial charge in [0, 0.05) is 17.8 Å². The number of H-pyrrole nitrogens is 1. The van der Waals surface area contributed by atoms with E-state index in [4.69, 9.17) is 0 Å². The van der Waals surface area contributed by atoms with Crippen LogP contribution in [-0.4, -0.2) is 16.5 Å². The summed E-state index contributed by atoms with van der Waals surface area (Å²) in [6.45, 7) is 1.14. The van der Waals surface area contributed by atoms with Crippen LogP contribution in [0.2, 0.25) is 0 Å². The Kier molecular flexibility index (Phi) is 3.99. The molecule has 1 aliphatic heterocycles. The van der Waals surface area contributed by atoms with Crippen molar-refractivity contribution in [3.8, 4) is 0 Å². The van der Waals surface area contributed by atoms with Gasteiger partial charge in [0.1, 0.15) is 5.82 Å². The van der Waals surface area contributed by atoms with Crippen molar-refractivity contribution in [1.82, 2.24) is 15.3 Å². The molecule has 3 nitrogen and oxygen atoms in total. The molecule has 2 N–H and O–H groups in total. The Balaban J connectivity index is 1.66. The molecule has 2 aliphatic rings. The molecule has 1 saturated carbocycles. The molecule has 1 aromatic rings. The highest BCUT2D eigenvalue weighted by Gasteiger charge is 2.21. The zero-order valence-corrected chi connectivity index (χ0v) is 11.3. The zero-order chi connectivity index (χ0) is 12.2. The van der Waals surface area contributed by atoms with Crippen molar-refractivity contribution >= 4 is 0 Å². The smallest absolute Gasteiger partial charge is 0.123 e. The summed E-state index contributed by atoms with van der Waals surface area (Å²) in [5, 5.41) is 3.52. The lowest BCUT2D eigenvalue weighted by Crippen LogP contribution is -2.14. The van der Waals surface area contributed by atoms with Crippen LogP contribution in [0.3, 0.4) is 0 Å². The van der Waals surface area contributed by atoms with E-state index in [0.717, 1.165) is 12.5 Å². The molecule has 0 spiro atoms. The quantitative estimate of drug-likeness (QED) is 0.837. The summed E-state index contributed by atoms with van der Waals surface area (Å²) in [6.07, 6.45) is 14.4. The molecule has 100 valence electrons. The van der Waals surface area contributed by atoms with Gasteiger partial charge in [0.2, 0.25) is 0 Å². The predicted molar refractivity (Wildman–Crippen MR) is 73.6 cm³/mol. The number of nitrogens with one attached hydrogen (secondary N) is 2. The fourth-order valence-corrected chi connectivity index (χ4v) is 3.42. The molecule has 0 radical (unpaired) electrons. The van der Waals surface area contributed by atoms with E-state index in [9.17, 15) is 0 Å². The molecule has 0 unspecified atom stereocenters. The van der Waals surface area contributed by atoms with Gasteiger partial charge in [-0.05, 0) is 32.2 Å². The van der Waals surface area contributed by atoms with E-state index in [0.29, 0.717) is 6.04 Å². The maximum atomic E-state index is 4.61. The monoisotopic (exact) mass is 247 g/mol. The fraction of sp³-hybridized carbons (Fsp3) is 0.800. The number of rotatable bonds is 2. The number of imidazole rings is 1. The lowest BCUT2D eigenvalue weighted by atomic mass is 9.89. The van der Waals surface area contributed by atoms with Crippen molar-refractivity contribution in [3.63, 3.8) is 0 Å². The Morgan fingerprint density at radius 3 is 2.44 bits per heavy atom. The summed E-state index contributed by atoms with van der Waals surface area (Å²) in [7, 11) is 0. The molecule has 3 heteroatoms. The minimum atomic E-state index is 0.479. The van der Waals surface area contributed by atoms with Gasteiger partial charge in [-0.1, -0.05) is 32.1 Å². The van der Waals surface area contributed by atoms with E-state index < -0.39 is 0 Å². The summed E-state index contributed by atoms with van der Waals surface area (Å²) in [4.78, 5) is 8.21. The van der Waals surface area contributed by atoms with Crippen LogP contribution in [0.25, 0.3) is 0 Å². The van der Waals surface area contributed by atoms with Crippen molar-refractivity contribution in [2.75, 3.05) is 6.54 Å². The third-order valence-corrected chi connectivity index (χ3v) is 4.55. The van der Waals surface area contributed by atoms with Crippen molar-refractivity contribution in [2.24, 2.45) is 0 Å². The number of hydrogen-bond donors (Lipinski definition) is 2. The Morgan fingerprint density at radius 1 is 0.944 bits per heavy atom. The summed E-state index contributed by atoms with van der Waals surface area (Å²) >= 11 is 0. The summed E-state index contributed by atoms with van der Waals surface area (Å²) in [5.74, 6) is 1.90. The standard InChI is InChI=1S/C15H25N3/c1-2-4-7-12(8-5-3-1)14-11-17-15(18-14)13-9-6-10-16-13/h11-13,16H,1-10H2,(H,17,18)/t13-/m0/s1. The first-order valence-electron chi connectivity index (χ1n) is 7.71. The molecule has 0 amide bonds. The van der Waals surface area contributed by atoms with Crippen LogP contribution >= 0.6 is 0 Å². The fourth-order valence-electron chi connectivity index (χ4n) is 3.42. The largest absolute Gasteiger partial charge is 0.344 e. The summed E-state index contributed by atoms with van der Waals surface area (Å²) in [5.41, 5.74) is 1.39. The summed E-state index contributed by atoms with van der Waals surface area (Å²) < 4.78 is 0. The van der Waals surface area contributed by atoms with Crippen molar-refractivity contribution in [3.05, 3.63) is 17.7 Å². The highest BCUT2D eigenvalue weighted by atomic mass is 15.0. The molecule has 2 fully saturated rings. The van der Waals surface area contributed by atoms with Crippen molar-refractivity contribution in [2.45, 2.75) is 69.7 Å². The maximum Gasteiger partial charge on any atom is 0.123 e. The first-order chi connectivity index (χ1) is 8.93. The molecule has 3 rings (SSSR count). The second kappa shape index (κ2) is 5.87. The number of nitrogens with zero attached hydrogens (tertiary/aromatic N) is 1. The van der Waals surface area contributed by atoms with E-state index in [-0.39, 0.29) is 0 Å². The molecule has 2 heterocycles. The minimum Gasteiger partial charge on any atom is -0.344 e. The van der Waals surface area contributed by atoms with Gasteiger partial charge in [-0.25, -0.2) is 4.98 Å². The van der Waals surface area contributed by atoms with Crippen LogP contribution in [0, 0.1) is 0 Å². The van der Waals surface area contributed by atoms with Crippen molar-refractivity contribution in [1.29, 1.82) is 0 Å². The first-order valence-corrected chi connectivity index (χ1v) is 7.71. The first kappa shape index (κ1) is 12.2. The maximum absolute atomic E-state index is 4.61. The number of aromatic amines is 1. The van der Waals surface area contributed by atoms with Gasteiger partial charge < -0.3 is 10.3 Å². The Morgan fingerprint density at radius 2 is 1.72 bits per heavy atom. The molecule has 1 aromatic heterocycles. The van der Waals surface area contributed by atoms with Gasteiger partial charge >= 0.3 is 0 Å². The van der Waals surface area contributed by atoms with Gasteiger partial charge in [-0.2, -0.15) is 0 Å². The zero-order valence-electron chi connectivity index (χ0n) is 11.3. The van der Waals surface area contributed by atoms with Crippen molar-refractivity contribution < 1.29 is 0 Å². The van der Waals surface area contributed by atoms with Gasteiger partial charge in [0.05, 0.1) is 6.04 Å². The van der Waals surface area contributed by atoms with Gasteiger partial charge in [0.25, 0.3) is 0 Å². The second-order valence-corrected chi connectivity index (χ2v) is 5.91. The van der Waals surface area contributed by atoms with Gasteiger partial charge in [-0.3, -0.25) is 0 Å². The average Bonchev–Trinajstić information content (AvgIpc) is 2.98. The highest BCUT2D eigenvalue weighted by molar-refractivity contribution is 5.11. The van der Waals surface area contributed by atoms with E-state index in [1.165, 1.54) is 69.3 Å². The third kappa shape index (κ3) is 2.77. The van der Waals surface area contributed by atoms with Crippen LogP contribution < -0.4 is 5.32 Å². The molecular formula is C15H25N3. The van der Waals surface area contributed by atoms with Gasteiger partial charge in [0.15, 0.2) is 0 Å². The molecule has 0 bridgehead atoms. The molecule has 1 atom stereocenters. The lowest BCUT2D eigenvalue weighted by molar-refractivity contribution is 0.449. The van der Waals surface area contributed by atoms with E-state index in [1.807, 2.05) is 0 Å². The molecule has 1 saturated heterocycles. The van der Waals surface area contributed by atoms with Crippen LogP contribution in [0.1, 0.15) is 81.3 Å². The lowest BCUT2D eigenvalue weighted by Gasteiger charge is -2.18. The SMILES string of the molecule is c1nc([C@@H]2CCCN2)[nH]c1C1CCCCCCC1. The Bertz CT molecular complexity index is 358. The van der Waals surface area contributed by atoms with Crippen LogP contribution in [0.5, 0.6) is 0 Å². The predicted octanol–water partition coefficient (Wildman–Crippen LogP) is 3.66. The third-order valence-electron chi connectivity index (χ3n) is 4.55. The molecule has 0 aromatic carbocycles. The van der Waals surface area contributed by atoms with E-state index >= 15 is 0 Å². The molecular weight excluding hydrogens is 222 g/mol. The Hall–Kier alpha value is -0.830. The minimum absolute atomic E-state index is 0.479. The van der Waals surface area contributed by atoms with Gasteiger partial charge in [-0.15, -0.1) is 0 Å². The highest BCUT2D eigenvalue weighted by Crippen LogP contribution is 2.31. The topological polar surface area (TPSA) is 40.7 Å². The van der Waals surface area contributed by atoms with Crippen LogP contribution in [0.15, 0.2) is 6.20 Å². The van der Waals surface area contributed by atoms with E-state index in [1.54, 1.807) is 0 Å².